The Hall–Kier alpha value is -2.73. The Morgan fingerprint density at radius 2 is 2.04 bits per heavy atom. The van der Waals surface area contributed by atoms with Gasteiger partial charge >= 0.3 is 0 Å². The zero-order chi connectivity index (χ0) is 18.1. The Labute approximate surface area is 154 Å². The van der Waals surface area contributed by atoms with E-state index < -0.39 is 5.82 Å². The molecule has 1 aliphatic heterocycles. The number of aromatic nitrogens is 2. The van der Waals surface area contributed by atoms with Crippen molar-refractivity contribution in [1.29, 1.82) is 0 Å². The monoisotopic (exact) mass is 371 g/mol. The molecule has 0 saturated carbocycles. The van der Waals surface area contributed by atoms with E-state index in [1.807, 2.05) is 30.3 Å². The molecule has 4 rings (SSSR count). The molecular formula is C19H15ClFN3O2. The number of likely N-dealkylation sites (tertiary alicyclic amines) is 1. The lowest BCUT2D eigenvalue weighted by atomic mass is 10.1. The van der Waals surface area contributed by atoms with Gasteiger partial charge in [0, 0.05) is 17.7 Å². The standard InChI is InChI=1S/C19H15ClFN3O2/c20-14-11-13(8-9-15(14)21)19(25)24-10-4-7-16(24)18-22-17(23-26-18)12-5-2-1-3-6-12/h1-3,5-6,8-9,11,16H,4,7,10H2. The topological polar surface area (TPSA) is 59.2 Å². The van der Waals surface area contributed by atoms with Crippen molar-refractivity contribution in [2.24, 2.45) is 0 Å². The Kier molecular flexibility index (Phi) is 4.42. The molecule has 0 bridgehead atoms. The van der Waals surface area contributed by atoms with Gasteiger partial charge in [-0.15, -0.1) is 0 Å². The van der Waals surface area contributed by atoms with Crippen molar-refractivity contribution in [3.05, 3.63) is 70.8 Å². The Balaban J connectivity index is 1.60. The molecule has 1 aliphatic rings. The molecule has 1 saturated heterocycles. The molecule has 1 atom stereocenters. The second-order valence-electron chi connectivity index (χ2n) is 6.11. The number of carbonyl (C=O) groups excluding carboxylic acids is 1. The summed E-state index contributed by atoms with van der Waals surface area (Å²) in [7, 11) is 0. The third-order valence-electron chi connectivity index (χ3n) is 4.44. The molecule has 0 N–H and O–H groups in total. The number of amides is 1. The zero-order valence-corrected chi connectivity index (χ0v) is 14.5. The SMILES string of the molecule is O=C(c1ccc(F)c(Cl)c1)N1CCCC1c1nc(-c2ccccc2)no1. The molecule has 2 heterocycles. The van der Waals surface area contributed by atoms with Gasteiger partial charge in [0.05, 0.1) is 5.02 Å². The third-order valence-corrected chi connectivity index (χ3v) is 4.73. The van der Waals surface area contributed by atoms with Gasteiger partial charge in [-0.1, -0.05) is 47.1 Å². The first kappa shape index (κ1) is 16.7. The summed E-state index contributed by atoms with van der Waals surface area (Å²) in [4.78, 5) is 19.0. The molecule has 1 aromatic heterocycles. The molecule has 7 heteroatoms. The molecule has 0 radical (unpaired) electrons. The van der Waals surface area contributed by atoms with Crippen LogP contribution in [-0.4, -0.2) is 27.5 Å². The van der Waals surface area contributed by atoms with Gasteiger partial charge in [0.15, 0.2) is 0 Å². The largest absolute Gasteiger partial charge is 0.337 e. The molecule has 1 amide bonds. The van der Waals surface area contributed by atoms with Gasteiger partial charge in [-0.25, -0.2) is 4.39 Å². The molecule has 0 aliphatic carbocycles. The third kappa shape index (κ3) is 3.08. The Morgan fingerprint density at radius 1 is 1.23 bits per heavy atom. The minimum Gasteiger partial charge on any atom is -0.337 e. The maximum atomic E-state index is 13.4. The minimum atomic E-state index is -0.550. The average molecular weight is 372 g/mol. The van der Waals surface area contributed by atoms with Crippen molar-refractivity contribution in [3.8, 4) is 11.4 Å². The van der Waals surface area contributed by atoms with Gasteiger partial charge in [-0.2, -0.15) is 4.98 Å². The Bertz CT molecular complexity index is 945. The van der Waals surface area contributed by atoms with E-state index in [0.29, 0.717) is 23.8 Å². The van der Waals surface area contributed by atoms with Crippen LogP contribution in [0, 0.1) is 5.82 Å². The second-order valence-corrected chi connectivity index (χ2v) is 6.51. The highest BCUT2D eigenvalue weighted by molar-refractivity contribution is 6.31. The number of benzene rings is 2. The van der Waals surface area contributed by atoms with E-state index in [1.165, 1.54) is 18.2 Å². The summed E-state index contributed by atoms with van der Waals surface area (Å²) >= 11 is 5.80. The van der Waals surface area contributed by atoms with Crippen molar-refractivity contribution in [2.45, 2.75) is 18.9 Å². The number of nitrogens with zero attached hydrogens (tertiary/aromatic N) is 3. The summed E-state index contributed by atoms with van der Waals surface area (Å²) in [5.74, 6) is 0.118. The van der Waals surface area contributed by atoms with Gasteiger partial charge in [0.2, 0.25) is 11.7 Å². The maximum Gasteiger partial charge on any atom is 0.254 e. The van der Waals surface area contributed by atoms with Crippen molar-refractivity contribution in [1.82, 2.24) is 15.0 Å². The molecule has 3 aromatic rings. The lowest BCUT2D eigenvalue weighted by Gasteiger charge is -2.22. The van der Waals surface area contributed by atoms with Crippen LogP contribution in [0.15, 0.2) is 53.1 Å². The number of rotatable bonds is 3. The highest BCUT2D eigenvalue weighted by Gasteiger charge is 2.34. The van der Waals surface area contributed by atoms with E-state index in [0.717, 1.165) is 18.4 Å². The highest BCUT2D eigenvalue weighted by atomic mass is 35.5. The summed E-state index contributed by atoms with van der Waals surface area (Å²) in [6, 6.07) is 13.2. The predicted molar refractivity (Wildman–Crippen MR) is 94.2 cm³/mol. The van der Waals surface area contributed by atoms with Crippen LogP contribution in [0.5, 0.6) is 0 Å². The van der Waals surface area contributed by atoms with Crippen LogP contribution in [0.25, 0.3) is 11.4 Å². The first-order valence-electron chi connectivity index (χ1n) is 8.28. The van der Waals surface area contributed by atoms with Gasteiger partial charge in [-0.05, 0) is 31.0 Å². The summed E-state index contributed by atoms with van der Waals surface area (Å²) in [6.45, 7) is 0.571. The van der Waals surface area contributed by atoms with Crippen LogP contribution < -0.4 is 0 Å². The molecule has 2 aromatic carbocycles. The molecule has 1 unspecified atom stereocenters. The van der Waals surface area contributed by atoms with Crippen LogP contribution >= 0.6 is 11.6 Å². The van der Waals surface area contributed by atoms with E-state index in [-0.39, 0.29) is 17.0 Å². The normalized spacial score (nSPS) is 16.8. The van der Waals surface area contributed by atoms with E-state index >= 15 is 0 Å². The number of carbonyl (C=O) groups is 1. The second kappa shape index (κ2) is 6.88. The molecule has 26 heavy (non-hydrogen) atoms. The van der Waals surface area contributed by atoms with Gasteiger partial charge in [0.1, 0.15) is 11.9 Å². The smallest absolute Gasteiger partial charge is 0.254 e. The Morgan fingerprint density at radius 3 is 2.81 bits per heavy atom. The minimum absolute atomic E-state index is 0.0734. The first-order valence-corrected chi connectivity index (χ1v) is 8.66. The molecule has 1 fully saturated rings. The zero-order valence-electron chi connectivity index (χ0n) is 13.7. The molecule has 132 valence electrons. The van der Waals surface area contributed by atoms with Crippen LogP contribution in [0.3, 0.4) is 0 Å². The fourth-order valence-electron chi connectivity index (χ4n) is 3.14. The summed E-state index contributed by atoms with van der Waals surface area (Å²) in [6.07, 6.45) is 1.56. The van der Waals surface area contributed by atoms with E-state index in [2.05, 4.69) is 10.1 Å². The summed E-state index contributed by atoms with van der Waals surface area (Å²) < 4.78 is 18.8. The lowest BCUT2D eigenvalue weighted by molar-refractivity contribution is 0.0710. The van der Waals surface area contributed by atoms with Crippen molar-refractivity contribution in [2.75, 3.05) is 6.54 Å². The van der Waals surface area contributed by atoms with Crippen molar-refractivity contribution >= 4 is 17.5 Å². The quantitative estimate of drug-likeness (QED) is 0.679. The van der Waals surface area contributed by atoms with Crippen LogP contribution in [0.1, 0.15) is 35.1 Å². The molecule has 0 spiro atoms. The van der Waals surface area contributed by atoms with Gasteiger partial charge < -0.3 is 9.42 Å². The van der Waals surface area contributed by atoms with Gasteiger partial charge in [-0.3, -0.25) is 4.79 Å². The maximum absolute atomic E-state index is 13.4. The number of halogens is 2. The number of hydrogen-bond acceptors (Lipinski definition) is 4. The van der Waals surface area contributed by atoms with Crippen molar-refractivity contribution in [3.63, 3.8) is 0 Å². The fraction of sp³-hybridized carbons (Fsp3) is 0.211. The molecular weight excluding hydrogens is 357 g/mol. The van der Waals surface area contributed by atoms with E-state index in [9.17, 15) is 9.18 Å². The highest BCUT2D eigenvalue weighted by Crippen LogP contribution is 2.33. The fourth-order valence-corrected chi connectivity index (χ4v) is 3.32. The summed E-state index contributed by atoms with van der Waals surface area (Å²) in [5, 5.41) is 3.96. The average Bonchev–Trinajstić information content (AvgIpc) is 3.33. The molecule has 5 nitrogen and oxygen atoms in total. The van der Waals surface area contributed by atoms with Crippen LogP contribution in [0.2, 0.25) is 5.02 Å². The van der Waals surface area contributed by atoms with Gasteiger partial charge in [0.25, 0.3) is 5.91 Å². The summed E-state index contributed by atoms with van der Waals surface area (Å²) in [5.41, 5.74) is 1.19. The predicted octanol–water partition coefficient (Wildman–Crippen LogP) is 4.51. The lowest BCUT2D eigenvalue weighted by Crippen LogP contribution is -2.30. The van der Waals surface area contributed by atoms with Crippen molar-refractivity contribution < 1.29 is 13.7 Å². The van der Waals surface area contributed by atoms with Crippen LogP contribution in [0.4, 0.5) is 4.39 Å². The number of hydrogen-bond donors (Lipinski definition) is 0. The van der Waals surface area contributed by atoms with Crippen LogP contribution in [-0.2, 0) is 0 Å². The van der Waals surface area contributed by atoms with E-state index in [4.69, 9.17) is 16.1 Å². The van der Waals surface area contributed by atoms with E-state index in [1.54, 1.807) is 4.90 Å². The first-order chi connectivity index (χ1) is 12.6.